The highest BCUT2D eigenvalue weighted by Gasteiger charge is 2.22. The van der Waals surface area contributed by atoms with Gasteiger partial charge in [0.1, 0.15) is 18.2 Å². The fourth-order valence-electron chi connectivity index (χ4n) is 4.26. The minimum atomic E-state index is 0.0384. The predicted octanol–water partition coefficient (Wildman–Crippen LogP) is 5.70. The maximum Gasteiger partial charge on any atom is 0.254 e. The van der Waals surface area contributed by atoms with Crippen LogP contribution in [0.1, 0.15) is 47.1 Å². The lowest BCUT2D eigenvalue weighted by Gasteiger charge is -2.20. The zero-order chi connectivity index (χ0) is 22.2. The summed E-state index contributed by atoms with van der Waals surface area (Å²) in [5, 5.41) is 0. The van der Waals surface area contributed by atoms with E-state index in [0.717, 1.165) is 39.3 Å². The Kier molecular flexibility index (Phi) is 5.17. The molecule has 1 amide bonds. The van der Waals surface area contributed by atoms with Gasteiger partial charge in [-0.1, -0.05) is 38.1 Å². The third-order valence-electron chi connectivity index (χ3n) is 6.09. The van der Waals surface area contributed by atoms with Crippen LogP contribution in [0.2, 0.25) is 0 Å². The minimum absolute atomic E-state index is 0.0384. The molecular weight excluding hydrogens is 398 g/mol. The number of rotatable bonds is 3. The number of aryl methyl sites for hydroxylation is 1. The van der Waals surface area contributed by atoms with E-state index in [1.807, 2.05) is 48.2 Å². The molecular formula is C27H27N3O2. The van der Waals surface area contributed by atoms with E-state index in [9.17, 15) is 4.79 Å². The summed E-state index contributed by atoms with van der Waals surface area (Å²) in [4.78, 5) is 22.9. The molecule has 0 fully saturated rings. The van der Waals surface area contributed by atoms with Crippen LogP contribution in [0.4, 0.5) is 0 Å². The van der Waals surface area contributed by atoms with Crippen molar-refractivity contribution >= 4 is 16.9 Å². The van der Waals surface area contributed by atoms with Gasteiger partial charge in [-0.15, -0.1) is 0 Å². The van der Waals surface area contributed by atoms with Crippen molar-refractivity contribution in [3.8, 4) is 16.9 Å². The van der Waals surface area contributed by atoms with Gasteiger partial charge in [0.15, 0.2) is 0 Å². The van der Waals surface area contributed by atoms with E-state index in [1.165, 1.54) is 5.56 Å². The van der Waals surface area contributed by atoms with Crippen LogP contribution in [0.3, 0.4) is 0 Å². The van der Waals surface area contributed by atoms with E-state index in [2.05, 4.69) is 48.1 Å². The lowest BCUT2D eigenvalue weighted by Crippen LogP contribution is -2.32. The number of nitrogens with one attached hydrogen (secondary N) is 1. The monoisotopic (exact) mass is 425 g/mol. The van der Waals surface area contributed by atoms with Crippen molar-refractivity contribution in [1.29, 1.82) is 0 Å². The molecule has 0 unspecified atom stereocenters. The number of carbonyl (C=O) groups excluding carboxylic acids is 1. The molecule has 1 aliphatic heterocycles. The molecule has 3 aromatic carbocycles. The van der Waals surface area contributed by atoms with Crippen LogP contribution in [0.25, 0.3) is 22.2 Å². The summed E-state index contributed by atoms with van der Waals surface area (Å²) in [6.45, 7) is 7.85. The van der Waals surface area contributed by atoms with Gasteiger partial charge in [0.25, 0.3) is 5.91 Å². The Hall–Kier alpha value is -3.60. The zero-order valence-electron chi connectivity index (χ0n) is 18.7. The van der Waals surface area contributed by atoms with Crippen LogP contribution in [0, 0.1) is 6.92 Å². The number of H-pyrrole nitrogens is 1. The SMILES string of the molecule is Cc1nc2ccc(-c3ccc4c(c3)CN(C(=O)c3ccc(C(C)C)cc3)CCO4)cc2[nH]1. The Balaban J connectivity index is 1.43. The summed E-state index contributed by atoms with van der Waals surface area (Å²) < 4.78 is 5.97. The van der Waals surface area contributed by atoms with Crippen molar-refractivity contribution in [2.75, 3.05) is 13.2 Å². The van der Waals surface area contributed by atoms with Crippen molar-refractivity contribution in [2.24, 2.45) is 0 Å². The van der Waals surface area contributed by atoms with Gasteiger partial charge < -0.3 is 14.6 Å². The molecule has 0 radical (unpaired) electrons. The molecule has 2 heterocycles. The Morgan fingerprint density at radius 2 is 1.78 bits per heavy atom. The average molecular weight is 426 g/mol. The van der Waals surface area contributed by atoms with Crippen LogP contribution in [-0.4, -0.2) is 33.9 Å². The number of hydrogen-bond acceptors (Lipinski definition) is 3. The fraction of sp³-hybridized carbons (Fsp3) is 0.259. The second-order valence-electron chi connectivity index (χ2n) is 8.73. The minimum Gasteiger partial charge on any atom is -0.491 e. The highest BCUT2D eigenvalue weighted by atomic mass is 16.5. The summed E-state index contributed by atoms with van der Waals surface area (Å²) in [6, 6.07) is 20.4. The number of benzene rings is 3. The topological polar surface area (TPSA) is 58.2 Å². The molecule has 0 saturated heterocycles. The molecule has 5 heteroatoms. The van der Waals surface area contributed by atoms with Gasteiger partial charge in [-0.3, -0.25) is 4.79 Å². The highest BCUT2D eigenvalue weighted by Crippen LogP contribution is 2.31. The molecule has 5 rings (SSSR count). The number of hydrogen-bond donors (Lipinski definition) is 1. The normalized spacial score (nSPS) is 13.7. The molecule has 0 atom stereocenters. The summed E-state index contributed by atoms with van der Waals surface area (Å²) in [6.07, 6.45) is 0. The summed E-state index contributed by atoms with van der Waals surface area (Å²) in [5.74, 6) is 2.23. The first-order valence-electron chi connectivity index (χ1n) is 11.1. The number of ether oxygens (including phenoxy) is 1. The van der Waals surface area contributed by atoms with Crippen LogP contribution in [-0.2, 0) is 6.54 Å². The molecule has 1 N–H and O–H groups in total. The van der Waals surface area contributed by atoms with Crippen LogP contribution in [0.5, 0.6) is 5.75 Å². The molecule has 32 heavy (non-hydrogen) atoms. The maximum atomic E-state index is 13.2. The Morgan fingerprint density at radius 3 is 2.56 bits per heavy atom. The van der Waals surface area contributed by atoms with Crippen LogP contribution >= 0.6 is 0 Å². The van der Waals surface area contributed by atoms with Gasteiger partial charge in [0.2, 0.25) is 0 Å². The number of imidazole rings is 1. The van der Waals surface area contributed by atoms with E-state index >= 15 is 0 Å². The molecule has 162 valence electrons. The largest absolute Gasteiger partial charge is 0.491 e. The fourth-order valence-corrected chi connectivity index (χ4v) is 4.26. The first kappa shape index (κ1) is 20.3. The zero-order valence-corrected chi connectivity index (χ0v) is 18.7. The van der Waals surface area contributed by atoms with Gasteiger partial charge in [0, 0.05) is 17.7 Å². The lowest BCUT2D eigenvalue weighted by atomic mass is 10.0. The van der Waals surface area contributed by atoms with Gasteiger partial charge in [-0.25, -0.2) is 4.98 Å². The molecule has 0 saturated carbocycles. The predicted molar refractivity (Wildman–Crippen MR) is 127 cm³/mol. The van der Waals surface area contributed by atoms with Crippen molar-refractivity contribution in [3.63, 3.8) is 0 Å². The van der Waals surface area contributed by atoms with Gasteiger partial charge in [-0.05, 0) is 65.9 Å². The quantitative estimate of drug-likeness (QED) is 0.458. The number of fused-ring (bicyclic) bond motifs is 2. The Labute approximate surface area is 188 Å². The van der Waals surface area contributed by atoms with E-state index in [0.29, 0.717) is 31.2 Å². The van der Waals surface area contributed by atoms with Crippen molar-refractivity contribution in [3.05, 3.63) is 83.2 Å². The third-order valence-corrected chi connectivity index (χ3v) is 6.09. The number of aromatic nitrogens is 2. The summed E-state index contributed by atoms with van der Waals surface area (Å²) in [7, 11) is 0. The molecule has 5 nitrogen and oxygen atoms in total. The van der Waals surface area contributed by atoms with E-state index in [4.69, 9.17) is 4.74 Å². The Bertz CT molecular complexity index is 1290. The first-order valence-corrected chi connectivity index (χ1v) is 11.1. The number of nitrogens with zero attached hydrogens (tertiary/aromatic N) is 2. The first-order chi connectivity index (χ1) is 15.5. The molecule has 0 bridgehead atoms. The Morgan fingerprint density at radius 1 is 1.03 bits per heavy atom. The lowest BCUT2D eigenvalue weighted by molar-refractivity contribution is 0.0733. The van der Waals surface area contributed by atoms with Crippen LogP contribution < -0.4 is 4.74 Å². The van der Waals surface area contributed by atoms with Crippen LogP contribution in [0.15, 0.2) is 60.7 Å². The van der Waals surface area contributed by atoms with E-state index in [-0.39, 0.29) is 5.91 Å². The summed E-state index contributed by atoms with van der Waals surface area (Å²) >= 11 is 0. The van der Waals surface area contributed by atoms with Crippen molar-refractivity contribution in [2.45, 2.75) is 33.2 Å². The molecule has 1 aliphatic rings. The standard InChI is InChI=1S/C27H27N3O2/c1-17(2)19-4-6-20(7-5-19)27(31)30-12-13-32-26-11-9-21(14-23(26)16-30)22-8-10-24-25(15-22)29-18(3)28-24/h4-11,14-15,17H,12-13,16H2,1-3H3,(H,28,29). The van der Waals surface area contributed by atoms with Gasteiger partial charge in [-0.2, -0.15) is 0 Å². The van der Waals surface area contributed by atoms with E-state index in [1.54, 1.807) is 0 Å². The maximum absolute atomic E-state index is 13.2. The number of aromatic amines is 1. The van der Waals surface area contributed by atoms with Gasteiger partial charge in [0.05, 0.1) is 17.6 Å². The third kappa shape index (κ3) is 3.86. The van der Waals surface area contributed by atoms with Crippen molar-refractivity contribution in [1.82, 2.24) is 14.9 Å². The molecule has 1 aromatic heterocycles. The summed E-state index contributed by atoms with van der Waals surface area (Å²) in [5.41, 5.74) is 7.16. The molecule has 0 spiro atoms. The smallest absolute Gasteiger partial charge is 0.254 e. The highest BCUT2D eigenvalue weighted by molar-refractivity contribution is 5.94. The number of amides is 1. The van der Waals surface area contributed by atoms with Gasteiger partial charge >= 0.3 is 0 Å². The van der Waals surface area contributed by atoms with Crippen molar-refractivity contribution < 1.29 is 9.53 Å². The van der Waals surface area contributed by atoms with E-state index < -0.39 is 0 Å². The molecule has 4 aromatic rings. The molecule has 0 aliphatic carbocycles. The average Bonchev–Trinajstić information content (AvgIpc) is 3.04. The second-order valence-corrected chi connectivity index (χ2v) is 8.73. The second kappa shape index (κ2) is 8.15. The number of carbonyl (C=O) groups is 1.